The number of carbonyl (C=O) groups excluding carboxylic acids is 2. The van der Waals surface area contributed by atoms with Crippen LogP contribution in [0.25, 0.3) is 10.9 Å². The van der Waals surface area contributed by atoms with Crippen LogP contribution in [0.3, 0.4) is 0 Å². The number of nitrogens with zero attached hydrogens (tertiary/aromatic N) is 4. The number of aromatic nitrogens is 2. The maximum atomic E-state index is 13.5. The number of amides is 2. The first kappa shape index (κ1) is 26.7. The Morgan fingerprint density at radius 2 is 1.65 bits per heavy atom. The molecular formula is C26H32FN5O4S. The Balaban J connectivity index is 1.57. The maximum Gasteiger partial charge on any atom is 0.273 e. The third-order valence-electron chi connectivity index (χ3n) is 6.53. The number of hydrogen-bond acceptors (Lipinski definition) is 5. The second kappa shape index (κ2) is 10.2. The van der Waals surface area contributed by atoms with E-state index in [0.717, 1.165) is 17.3 Å². The molecule has 0 spiro atoms. The molecule has 1 fully saturated rings. The van der Waals surface area contributed by atoms with Crippen molar-refractivity contribution in [1.82, 2.24) is 24.3 Å². The molecule has 2 amide bonds. The van der Waals surface area contributed by atoms with Crippen molar-refractivity contribution in [1.29, 1.82) is 0 Å². The van der Waals surface area contributed by atoms with Crippen LogP contribution in [0.4, 0.5) is 4.39 Å². The summed E-state index contributed by atoms with van der Waals surface area (Å²) in [5.74, 6) is -1.06. The monoisotopic (exact) mass is 529 g/mol. The predicted octanol–water partition coefficient (Wildman–Crippen LogP) is 2.47. The highest BCUT2D eigenvalue weighted by Crippen LogP contribution is 2.25. The summed E-state index contributed by atoms with van der Waals surface area (Å²) in [5, 5.41) is 8.11. The number of piperazine rings is 1. The van der Waals surface area contributed by atoms with E-state index in [1.165, 1.54) is 16.4 Å². The van der Waals surface area contributed by atoms with E-state index >= 15 is 0 Å². The number of fused-ring (bicyclic) bond motifs is 1. The van der Waals surface area contributed by atoms with Crippen LogP contribution in [-0.2, 0) is 21.4 Å². The molecule has 1 aliphatic heterocycles. The van der Waals surface area contributed by atoms with Gasteiger partial charge < -0.3 is 10.2 Å². The van der Waals surface area contributed by atoms with Gasteiger partial charge in [-0.25, -0.2) is 12.8 Å². The fourth-order valence-corrected chi connectivity index (χ4v) is 5.28. The smallest absolute Gasteiger partial charge is 0.273 e. The third kappa shape index (κ3) is 5.99. The van der Waals surface area contributed by atoms with Gasteiger partial charge in [0.15, 0.2) is 5.69 Å². The average Bonchev–Trinajstić information content (AvgIpc) is 3.21. The number of carbonyl (C=O) groups is 2. The highest BCUT2D eigenvalue weighted by molar-refractivity contribution is 7.88. The molecule has 37 heavy (non-hydrogen) atoms. The van der Waals surface area contributed by atoms with Crippen LogP contribution < -0.4 is 5.32 Å². The molecule has 0 saturated carbocycles. The Labute approximate surface area is 216 Å². The first-order valence-electron chi connectivity index (χ1n) is 12.1. The zero-order valence-corrected chi connectivity index (χ0v) is 22.3. The first-order valence-corrected chi connectivity index (χ1v) is 13.9. The molecule has 1 aromatic heterocycles. The quantitative estimate of drug-likeness (QED) is 0.528. The summed E-state index contributed by atoms with van der Waals surface area (Å²) >= 11 is 0. The SMILES string of the molecule is CC(C)(C)[C@H](NC(=O)c1nn(Cc2ccc(F)cc2)c2ccccc12)C(=O)N1CCN(S(C)(=O)=O)CC1. The van der Waals surface area contributed by atoms with Crippen LogP contribution in [0.5, 0.6) is 0 Å². The van der Waals surface area contributed by atoms with E-state index in [1.807, 2.05) is 39.0 Å². The summed E-state index contributed by atoms with van der Waals surface area (Å²) in [6, 6.07) is 12.6. The van der Waals surface area contributed by atoms with E-state index in [9.17, 15) is 22.4 Å². The van der Waals surface area contributed by atoms with Gasteiger partial charge in [-0.05, 0) is 29.2 Å². The molecule has 0 aliphatic carbocycles. The fraction of sp³-hybridized carbons (Fsp3) is 0.423. The molecule has 1 atom stereocenters. The molecule has 2 aromatic carbocycles. The van der Waals surface area contributed by atoms with E-state index in [2.05, 4.69) is 10.4 Å². The molecule has 2 heterocycles. The van der Waals surface area contributed by atoms with Crippen LogP contribution in [0.2, 0.25) is 0 Å². The molecule has 0 bridgehead atoms. The Hall–Kier alpha value is -3.31. The van der Waals surface area contributed by atoms with Gasteiger partial charge in [0.25, 0.3) is 5.91 Å². The Bertz CT molecular complexity index is 1400. The van der Waals surface area contributed by atoms with Gasteiger partial charge in [-0.3, -0.25) is 14.3 Å². The number of para-hydroxylation sites is 1. The number of sulfonamides is 1. The van der Waals surface area contributed by atoms with Gasteiger partial charge in [0, 0.05) is 31.6 Å². The van der Waals surface area contributed by atoms with Crippen molar-refractivity contribution in [2.75, 3.05) is 32.4 Å². The van der Waals surface area contributed by atoms with Gasteiger partial charge in [-0.1, -0.05) is 51.1 Å². The van der Waals surface area contributed by atoms with Crippen LogP contribution in [0.15, 0.2) is 48.5 Å². The zero-order valence-electron chi connectivity index (χ0n) is 21.4. The summed E-state index contributed by atoms with van der Waals surface area (Å²) < 4.78 is 40.1. The molecule has 0 unspecified atom stereocenters. The molecule has 1 N–H and O–H groups in total. The Morgan fingerprint density at radius 3 is 2.24 bits per heavy atom. The number of rotatable bonds is 6. The molecule has 1 aliphatic rings. The normalized spacial score (nSPS) is 16.1. The van der Waals surface area contributed by atoms with E-state index in [4.69, 9.17) is 0 Å². The van der Waals surface area contributed by atoms with Gasteiger partial charge in [-0.2, -0.15) is 9.40 Å². The summed E-state index contributed by atoms with van der Waals surface area (Å²) in [6.45, 7) is 6.89. The minimum absolute atomic E-state index is 0.196. The minimum atomic E-state index is -3.33. The maximum absolute atomic E-state index is 13.5. The zero-order chi connectivity index (χ0) is 27.0. The van der Waals surface area contributed by atoms with E-state index in [0.29, 0.717) is 11.9 Å². The predicted molar refractivity (Wildman–Crippen MR) is 139 cm³/mol. The molecule has 3 aromatic rings. The highest BCUT2D eigenvalue weighted by Gasteiger charge is 2.38. The number of halogens is 1. The van der Waals surface area contributed by atoms with Crippen LogP contribution in [-0.4, -0.2) is 77.7 Å². The van der Waals surface area contributed by atoms with Gasteiger partial charge in [0.2, 0.25) is 15.9 Å². The molecule has 4 rings (SSSR count). The highest BCUT2D eigenvalue weighted by atomic mass is 32.2. The topological polar surface area (TPSA) is 105 Å². The summed E-state index contributed by atoms with van der Waals surface area (Å²) in [5.41, 5.74) is 1.17. The molecule has 9 nitrogen and oxygen atoms in total. The molecule has 198 valence electrons. The van der Waals surface area contributed by atoms with Crippen molar-refractivity contribution in [2.45, 2.75) is 33.4 Å². The molecule has 0 radical (unpaired) electrons. The standard InChI is InChI=1S/C26H32FN5O4S/c1-26(2,3)23(25(34)30-13-15-31(16-14-30)37(4,35)36)28-24(33)22-20-7-5-6-8-21(20)32(29-22)17-18-9-11-19(27)12-10-18/h5-12,23H,13-17H2,1-4H3,(H,28,33)/t23-/m1/s1. The first-order chi connectivity index (χ1) is 17.3. The fourth-order valence-electron chi connectivity index (χ4n) is 4.45. The van der Waals surface area contributed by atoms with Gasteiger partial charge in [-0.15, -0.1) is 0 Å². The van der Waals surface area contributed by atoms with Crippen LogP contribution in [0, 0.1) is 11.2 Å². The van der Waals surface area contributed by atoms with Crippen LogP contribution in [0.1, 0.15) is 36.8 Å². The van der Waals surface area contributed by atoms with Crippen LogP contribution >= 0.6 is 0 Å². The molecule has 1 saturated heterocycles. The molecule has 11 heteroatoms. The minimum Gasteiger partial charge on any atom is -0.338 e. The Morgan fingerprint density at radius 1 is 1.03 bits per heavy atom. The van der Waals surface area contributed by atoms with Crippen molar-refractivity contribution < 1.29 is 22.4 Å². The second-order valence-electron chi connectivity index (χ2n) is 10.4. The summed E-state index contributed by atoms with van der Waals surface area (Å²) in [7, 11) is -3.33. The lowest BCUT2D eigenvalue weighted by atomic mass is 9.85. The second-order valence-corrected chi connectivity index (χ2v) is 12.4. The number of nitrogens with one attached hydrogen (secondary N) is 1. The van der Waals surface area contributed by atoms with E-state index < -0.39 is 27.4 Å². The lowest BCUT2D eigenvalue weighted by Crippen LogP contribution is -2.59. The van der Waals surface area contributed by atoms with Gasteiger partial charge in [0.1, 0.15) is 11.9 Å². The summed E-state index contributed by atoms with van der Waals surface area (Å²) in [4.78, 5) is 28.6. The van der Waals surface area contributed by atoms with Crippen molar-refractivity contribution in [3.05, 3.63) is 65.6 Å². The Kier molecular flexibility index (Phi) is 7.38. The third-order valence-corrected chi connectivity index (χ3v) is 7.83. The lowest BCUT2D eigenvalue weighted by Gasteiger charge is -2.38. The molecular weight excluding hydrogens is 497 g/mol. The van der Waals surface area contributed by atoms with Gasteiger partial charge >= 0.3 is 0 Å². The lowest BCUT2D eigenvalue weighted by molar-refractivity contribution is -0.137. The van der Waals surface area contributed by atoms with Crippen molar-refractivity contribution in [3.63, 3.8) is 0 Å². The number of hydrogen-bond donors (Lipinski definition) is 1. The van der Waals surface area contributed by atoms with E-state index in [-0.39, 0.29) is 43.6 Å². The van der Waals surface area contributed by atoms with Crippen molar-refractivity contribution >= 4 is 32.7 Å². The largest absolute Gasteiger partial charge is 0.338 e. The van der Waals surface area contributed by atoms with E-state index in [1.54, 1.807) is 27.8 Å². The van der Waals surface area contributed by atoms with Gasteiger partial charge in [0.05, 0.1) is 18.3 Å². The number of benzene rings is 2. The summed E-state index contributed by atoms with van der Waals surface area (Å²) in [6.07, 6.45) is 1.15. The van der Waals surface area contributed by atoms with Crippen molar-refractivity contribution in [2.24, 2.45) is 5.41 Å². The average molecular weight is 530 g/mol. The van der Waals surface area contributed by atoms with Crippen molar-refractivity contribution in [3.8, 4) is 0 Å².